The molecule has 1 aromatic carbocycles. The Kier molecular flexibility index (Phi) is 5.07. The normalized spacial score (nSPS) is 19.4. The summed E-state index contributed by atoms with van der Waals surface area (Å²) in [4.78, 5) is 16.6. The highest BCUT2D eigenvalue weighted by atomic mass is 35.5. The molecule has 3 aromatic heterocycles. The highest BCUT2D eigenvalue weighted by molar-refractivity contribution is 6.31. The Balaban J connectivity index is 1.54. The standard InChI is InChI=1S/C23H22ClFN8O/c1-3-18-21-30-27-12-32(21)19-13(2)28-23(29-22(19)33(18)15-6-9-34-11-15)31-8-7-26-20(31)14-4-5-17(25)16(24)10-14/h4-5,7-8,10,12,15,18H,3,6,9,11H2,1-2H3/t15?,18-/m1/s1. The van der Waals surface area contributed by atoms with E-state index in [4.69, 9.17) is 26.3 Å². The lowest BCUT2D eigenvalue weighted by atomic mass is 10.0. The van der Waals surface area contributed by atoms with Crippen molar-refractivity contribution in [2.45, 2.75) is 38.8 Å². The third-order valence-electron chi connectivity index (χ3n) is 6.44. The number of benzene rings is 1. The Morgan fingerprint density at radius 3 is 2.88 bits per heavy atom. The van der Waals surface area contributed by atoms with Gasteiger partial charge >= 0.3 is 0 Å². The molecule has 34 heavy (non-hydrogen) atoms. The van der Waals surface area contributed by atoms with Crippen LogP contribution in [0.25, 0.3) is 23.0 Å². The first-order valence-electron chi connectivity index (χ1n) is 11.2. The molecule has 0 radical (unpaired) electrons. The fourth-order valence-corrected chi connectivity index (χ4v) is 5.06. The van der Waals surface area contributed by atoms with Crippen LogP contribution in [0.1, 0.15) is 37.3 Å². The van der Waals surface area contributed by atoms with Crippen molar-refractivity contribution >= 4 is 17.4 Å². The van der Waals surface area contributed by atoms with Crippen LogP contribution in [-0.4, -0.2) is 53.5 Å². The first-order valence-corrected chi connectivity index (χ1v) is 11.6. The Labute approximate surface area is 200 Å². The molecular weight excluding hydrogens is 459 g/mol. The Morgan fingerprint density at radius 2 is 2.12 bits per heavy atom. The number of halogens is 2. The van der Waals surface area contributed by atoms with Gasteiger partial charge in [-0.05, 0) is 38.0 Å². The highest BCUT2D eigenvalue weighted by Crippen LogP contribution is 2.42. The van der Waals surface area contributed by atoms with Crippen LogP contribution in [0.15, 0.2) is 36.9 Å². The van der Waals surface area contributed by atoms with Crippen molar-refractivity contribution < 1.29 is 9.13 Å². The molecule has 2 aliphatic heterocycles. The Hall–Kier alpha value is -3.37. The fraction of sp³-hybridized carbons (Fsp3) is 0.348. The summed E-state index contributed by atoms with van der Waals surface area (Å²) >= 11 is 6.03. The van der Waals surface area contributed by atoms with Gasteiger partial charge in [-0.25, -0.2) is 14.4 Å². The lowest BCUT2D eigenvalue weighted by molar-refractivity contribution is 0.191. The third-order valence-corrected chi connectivity index (χ3v) is 6.73. The molecule has 1 fully saturated rings. The van der Waals surface area contributed by atoms with E-state index in [2.05, 4.69) is 27.0 Å². The monoisotopic (exact) mass is 480 g/mol. The van der Waals surface area contributed by atoms with Gasteiger partial charge in [-0.3, -0.25) is 9.13 Å². The number of hydrogen-bond acceptors (Lipinski definition) is 7. The van der Waals surface area contributed by atoms with E-state index in [1.54, 1.807) is 35.4 Å². The minimum atomic E-state index is -0.478. The molecule has 5 heterocycles. The summed E-state index contributed by atoms with van der Waals surface area (Å²) in [6.07, 6.45) is 6.93. The van der Waals surface area contributed by atoms with Crippen LogP contribution >= 0.6 is 11.6 Å². The van der Waals surface area contributed by atoms with Crippen molar-refractivity contribution in [2.24, 2.45) is 0 Å². The van der Waals surface area contributed by atoms with Crippen LogP contribution in [0.4, 0.5) is 10.2 Å². The minimum absolute atomic E-state index is 0.0158. The molecule has 11 heteroatoms. The van der Waals surface area contributed by atoms with Crippen LogP contribution in [0.3, 0.4) is 0 Å². The zero-order chi connectivity index (χ0) is 23.4. The quantitative estimate of drug-likeness (QED) is 0.435. The first-order chi connectivity index (χ1) is 16.6. The van der Waals surface area contributed by atoms with Crippen LogP contribution in [-0.2, 0) is 4.74 Å². The molecule has 1 unspecified atom stereocenters. The lowest BCUT2D eigenvalue weighted by Crippen LogP contribution is -2.44. The molecule has 0 N–H and O–H groups in total. The molecule has 174 valence electrons. The zero-order valence-electron chi connectivity index (χ0n) is 18.7. The van der Waals surface area contributed by atoms with Crippen LogP contribution in [0.2, 0.25) is 5.02 Å². The number of hydrogen-bond donors (Lipinski definition) is 0. The number of aryl methyl sites for hydroxylation is 1. The molecule has 0 aliphatic carbocycles. The van der Waals surface area contributed by atoms with Gasteiger partial charge in [0.05, 0.1) is 29.4 Å². The van der Waals surface area contributed by atoms with Crippen molar-refractivity contribution in [1.29, 1.82) is 0 Å². The van der Waals surface area contributed by atoms with E-state index in [0.717, 1.165) is 35.9 Å². The number of rotatable bonds is 4. The predicted molar refractivity (Wildman–Crippen MR) is 124 cm³/mol. The molecule has 2 aliphatic rings. The lowest BCUT2D eigenvalue weighted by Gasteiger charge is -2.40. The van der Waals surface area contributed by atoms with E-state index >= 15 is 0 Å². The maximum absolute atomic E-state index is 13.7. The van der Waals surface area contributed by atoms with Gasteiger partial charge in [-0.15, -0.1) is 10.2 Å². The summed E-state index contributed by atoms with van der Waals surface area (Å²) in [6.45, 7) is 5.44. The summed E-state index contributed by atoms with van der Waals surface area (Å²) in [5.41, 5.74) is 2.33. The smallest absolute Gasteiger partial charge is 0.237 e. The van der Waals surface area contributed by atoms with Gasteiger partial charge in [0.1, 0.15) is 23.7 Å². The van der Waals surface area contributed by atoms with Crippen molar-refractivity contribution in [3.63, 3.8) is 0 Å². The maximum atomic E-state index is 13.7. The second kappa shape index (κ2) is 8.14. The average Bonchev–Trinajstić information content (AvgIpc) is 3.60. The summed E-state index contributed by atoms with van der Waals surface area (Å²) in [6, 6.07) is 4.72. The van der Waals surface area contributed by atoms with E-state index in [1.165, 1.54) is 6.07 Å². The summed E-state index contributed by atoms with van der Waals surface area (Å²) in [5, 5.41) is 8.65. The SMILES string of the molecule is CC[C@@H]1c2nncn2-c2c(C)nc(-n3ccnc3-c3ccc(F)c(Cl)c3)nc2N1C1CCOC1. The number of aromatic nitrogens is 7. The van der Waals surface area contributed by atoms with Gasteiger partial charge in [-0.2, -0.15) is 4.98 Å². The predicted octanol–water partition coefficient (Wildman–Crippen LogP) is 4.07. The highest BCUT2D eigenvalue weighted by Gasteiger charge is 2.40. The second-order valence-corrected chi connectivity index (χ2v) is 8.85. The van der Waals surface area contributed by atoms with E-state index in [-0.39, 0.29) is 17.1 Å². The minimum Gasteiger partial charge on any atom is -0.379 e. The van der Waals surface area contributed by atoms with E-state index in [9.17, 15) is 4.39 Å². The summed E-state index contributed by atoms with van der Waals surface area (Å²) in [5.74, 6) is 2.26. The molecule has 4 aromatic rings. The van der Waals surface area contributed by atoms with Crippen molar-refractivity contribution in [3.05, 3.63) is 59.3 Å². The average molecular weight is 481 g/mol. The molecular formula is C23H22ClFN8O. The Bertz CT molecular complexity index is 1380. The summed E-state index contributed by atoms with van der Waals surface area (Å²) < 4.78 is 23.3. The third kappa shape index (κ3) is 3.20. The van der Waals surface area contributed by atoms with Crippen LogP contribution in [0.5, 0.6) is 0 Å². The molecule has 2 atom stereocenters. The second-order valence-electron chi connectivity index (χ2n) is 8.44. The maximum Gasteiger partial charge on any atom is 0.237 e. The molecule has 0 spiro atoms. The number of ether oxygens (including phenoxy) is 1. The number of imidazole rings is 1. The first kappa shape index (κ1) is 21.2. The van der Waals surface area contributed by atoms with E-state index in [0.29, 0.717) is 30.5 Å². The Morgan fingerprint density at radius 1 is 1.24 bits per heavy atom. The molecule has 9 nitrogen and oxygen atoms in total. The van der Waals surface area contributed by atoms with Gasteiger partial charge in [0.2, 0.25) is 5.95 Å². The van der Waals surface area contributed by atoms with Crippen molar-refractivity contribution in [3.8, 4) is 23.0 Å². The molecule has 0 bridgehead atoms. The van der Waals surface area contributed by atoms with Gasteiger partial charge in [0, 0.05) is 24.6 Å². The van der Waals surface area contributed by atoms with Crippen LogP contribution in [0, 0.1) is 12.7 Å². The largest absolute Gasteiger partial charge is 0.379 e. The van der Waals surface area contributed by atoms with E-state index in [1.807, 2.05) is 11.5 Å². The number of nitrogens with zero attached hydrogens (tertiary/aromatic N) is 8. The zero-order valence-corrected chi connectivity index (χ0v) is 19.4. The molecule has 0 saturated carbocycles. The molecule has 1 saturated heterocycles. The molecule has 6 rings (SSSR count). The van der Waals surface area contributed by atoms with Gasteiger partial charge < -0.3 is 9.64 Å². The van der Waals surface area contributed by atoms with E-state index < -0.39 is 5.82 Å². The van der Waals surface area contributed by atoms with Gasteiger partial charge in [-0.1, -0.05) is 18.5 Å². The van der Waals surface area contributed by atoms with Crippen molar-refractivity contribution in [1.82, 2.24) is 34.3 Å². The van der Waals surface area contributed by atoms with Gasteiger partial charge in [0.25, 0.3) is 0 Å². The number of anilines is 1. The summed E-state index contributed by atoms with van der Waals surface area (Å²) in [7, 11) is 0. The topological polar surface area (TPSA) is 86.8 Å². The van der Waals surface area contributed by atoms with Crippen LogP contribution < -0.4 is 4.90 Å². The van der Waals surface area contributed by atoms with Gasteiger partial charge in [0.15, 0.2) is 11.6 Å². The van der Waals surface area contributed by atoms with Crippen molar-refractivity contribution in [2.75, 3.05) is 18.1 Å². The number of fused-ring (bicyclic) bond motifs is 3. The fourth-order valence-electron chi connectivity index (χ4n) is 4.88. The molecule has 0 amide bonds.